The molecular formula is C25H31NO4. The predicted molar refractivity (Wildman–Crippen MR) is 118 cm³/mol. The van der Waals surface area contributed by atoms with Crippen LogP contribution in [0.3, 0.4) is 0 Å². The standard InChI is InChI=1S/C25H31NO4/c1-19(2)21-8-12-24(13-9-21)30-18-22(27)16-26(17-25-5-4-14-29-25)15-20-6-10-23(28-3)11-7-20/h4-14,19,22,27H,15-18H2,1-3H3. The number of furan rings is 1. The Kier molecular flexibility index (Phi) is 7.94. The zero-order valence-electron chi connectivity index (χ0n) is 18.0. The number of methoxy groups -OCH3 is 1. The van der Waals surface area contributed by atoms with E-state index in [1.807, 2.05) is 48.5 Å². The number of rotatable bonds is 11. The van der Waals surface area contributed by atoms with Gasteiger partial charge in [0.15, 0.2) is 0 Å². The van der Waals surface area contributed by atoms with Gasteiger partial charge < -0.3 is 19.0 Å². The Bertz CT molecular complexity index is 857. The SMILES string of the molecule is COc1ccc(CN(Cc2ccco2)CC(O)COc2ccc(C(C)C)cc2)cc1. The Labute approximate surface area is 178 Å². The van der Waals surface area contributed by atoms with Crippen LogP contribution in [0.2, 0.25) is 0 Å². The van der Waals surface area contributed by atoms with Crippen molar-refractivity contribution in [3.8, 4) is 11.5 Å². The Balaban J connectivity index is 1.58. The third kappa shape index (κ3) is 6.65. The Morgan fingerprint density at radius 3 is 2.23 bits per heavy atom. The van der Waals surface area contributed by atoms with Gasteiger partial charge in [0.25, 0.3) is 0 Å². The lowest BCUT2D eigenvalue weighted by atomic mass is 10.0. The minimum Gasteiger partial charge on any atom is -0.497 e. The molecule has 5 heteroatoms. The van der Waals surface area contributed by atoms with E-state index >= 15 is 0 Å². The minimum atomic E-state index is -0.622. The van der Waals surface area contributed by atoms with Gasteiger partial charge in [-0.1, -0.05) is 38.1 Å². The molecule has 0 fully saturated rings. The highest BCUT2D eigenvalue weighted by Gasteiger charge is 2.15. The van der Waals surface area contributed by atoms with E-state index in [4.69, 9.17) is 13.9 Å². The maximum Gasteiger partial charge on any atom is 0.119 e. The van der Waals surface area contributed by atoms with Crippen molar-refractivity contribution < 1.29 is 19.0 Å². The van der Waals surface area contributed by atoms with Crippen molar-refractivity contribution in [2.75, 3.05) is 20.3 Å². The molecule has 30 heavy (non-hydrogen) atoms. The molecule has 0 saturated carbocycles. The summed E-state index contributed by atoms with van der Waals surface area (Å²) in [6.07, 6.45) is 1.05. The average Bonchev–Trinajstić information content (AvgIpc) is 3.26. The van der Waals surface area contributed by atoms with Gasteiger partial charge in [-0.2, -0.15) is 0 Å². The van der Waals surface area contributed by atoms with Crippen LogP contribution in [0.4, 0.5) is 0 Å². The highest BCUT2D eigenvalue weighted by atomic mass is 16.5. The number of aliphatic hydroxyl groups excluding tert-OH is 1. The maximum absolute atomic E-state index is 10.6. The van der Waals surface area contributed by atoms with E-state index in [0.717, 1.165) is 22.8 Å². The molecule has 160 valence electrons. The van der Waals surface area contributed by atoms with E-state index in [1.165, 1.54) is 5.56 Å². The van der Waals surface area contributed by atoms with Gasteiger partial charge in [0.2, 0.25) is 0 Å². The third-order valence-electron chi connectivity index (χ3n) is 4.98. The maximum atomic E-state index is 10.6. The lowest BCUT2D eigenvalue weighted by Crippen LogP contribution is -2.35. The van der Waals surface area contributed by atoms with Crippen LogP contribution in [-0.2, 0) is 13.1 Å². The second-order valence-electron chi connectivity index (χ2n) is 7.79. The van der Waals surface area contributed by atoms with Crippen molar-refractivity contribution in [1.82, 2.24) is 4.90 Å². The summed E-state index contributed by atoms with van der Waals surface area (Å²) in [6.45, 7) is 6.32. The molecule has 1 heterocycles. The monoisotopic (exact) mass is 409 g/mol. The van der Waals surface area contributed by atoms with Crippen molar-refractivity contribution in [2.45, 2.75) is 39.0 Å². The quantitative estimate of drug-likeness (QED) is 0.490. The molecule has 1 unspecified atom stereocenters. The molecule has 1 aromatic heterocycles. The largest absolute Gasteiger partial charge is 0.497 e. The average molecular weight is 410 g/mol. The number of hydrogen-bond acceptors (Lipinski definition) is 5. The molecule has 0 spiro atoms. The number of benzene rings is 2. The van der Waals surface area contributed by atoms with Crippen LogP contribution in [-0.4, -0.2) is 36.4 Å². The molecule has 3 aromatic rings. The van der Waals surface area contributed by atoms with E-state index in [-0.39, 0.29) is 6.61 Å². The second-order valence-corrected chi connectivity index (χ2v) is 7.79. The lowest BCUT2D eigenvalue weighted by molar-refractivity contribution is 0.0604. The van der Waals surface area contributed by atoms with Crippen molar-refractivity contribution in [3.63, 3.8) is 0 Å². The van der Waals surface area contributed by atoms with Gasteiger partial charge in [-0.05, 0) is 53.4 Å². The number of hydrogen-bond donors (Lipinski definition) is 1. The van der Waals surface area contributed by atoms with Gasteiger partial charge in [0.05, 0.1) is 19.9 Å². The first-order valence-corrected chi connectivity index (χ1v) is 10.3. The summed E-state index contributed by atoms with van der Waals surface area (Å²) in [5.41, 5.74) is 2.41. The summed E-state index contributed by atoms with van der Waals surface area (Å²) in [4.78, 5) is 2.15. The highest BCUT2D eigenvalue weighted by Crippen LogP contribution is 2.19. The molecule has 0 aliphatic rings. The van der Waals surface area contributed by atoms with Crippen LogP contribution in [0.15, 0.2) is 71.3 Å². The van der Waals surface area contributed by atoms with Gasteiger partial charge in [-0.15, -0.1) is 0 Å². The number of nitrogens with zero attached hydrogens (tertiary/aromatic N) is 1. The molecule has 3 rings (SSSR count). The first kappa shape index (κ1) is 21.9. The Hall–Kier alpha value is -2.76. The van der Waals surface area contributed by atoms with E-state index in [9.17, 15) is 5.11 Å². The van der Waals surface area contributed by atoms with Gasteiger partial charge in [0.1, 0.15) is 30.0 Å². The summed E-state index contributed by atoms with van der Waals surface area (Å²) >= 11 is 0. The smallest absolute Gasteiger partial charge is 0.119 e. The summed E-state index contributed by atoms with van der Waals surface area (Å²) in [6, 6.07) is 19.8. The fourth-order valence-electron chi connectivity index (χ4n) is 3.29. The van der Waals surface area contributed by atoms with Crippen molar-refractivity contribution >= 4 is 0 Å². The zero-order valence-corrected chi connectivity index (χ0v) is 18.0. The molecule has 0 saturated heterocycles. The van der Waals surface area contributed by atoms with Crippen molar-refractivity contribution in [1.29, 1.82) is 0 Å². The van der Waals surface area contributed by atoms with E-state index < -0.39 is 6.10 Å². The van der Waals surface area contributed by atoms with Crippen LogP contribution in [0.25, 0.3) is 0 Å². The fourth-order valence-corrected chi connectivity index (χ4v) is 3.29. The van der Waals surface area contributed by atoms with Crippen LogP contribution < -0.4 is 9.47 Å². The van der Waals surface area contributed by atoms with Gasteiger partial charge >= 0.3 is 0 Å². The predicted octanol–water partition coefficient (Wildman–Crippen LogP) is 4.85. The summed E-state index contributed by atoms with van der Waals surface area (Å²) < 4.78 is 16.5. The molecule has 1 N–H and O–H groups in total. The lowest BCUT2D eigenvalue weighted by Gasteiger charge is -2.24. The Morgan fingerprint density at radius 2 is 1.63 bits per heavy atom. The topological polar surface area (TPSA) is 55.1 Å². The molecule has 1 atom stereocenters. The van der Waals surface area contributed by atoms with Crippen LogP contribution in [0, 0.1) is 0 Å². The van der Waals surface area contributed by atoms with Gasteiger partial charge in [0, 0.05) is 13.1 Å². The molecular weight excluding hydrogens is 378 g/mol. The number of ether oxygens (including phenoxy) is 2. The molecule has 5 nitrogen and oxygen atoms in total. The van der Waals surface area contributed by atoms with Gasteiger partial charge in [-0.3, -0.25) is 4.90 Å². The third-order valence-corrected chi connectivity index (χ3v) is 4.98. The molecule has 2 aromatic carbocycles. The fraction of sp³-hybridized carbons (Fsp3) is 0.360. The van der Waals surface area contributed by atoms with Crippen LogP contribution in [0.1, 0.15) is 36.7 Å². The van der Waals surface area contributed by atoms with Crippen LogP contribution >= 0.6 is 0 Å². The van der Waals surface area contributed by atoms with Crippen molar-refractivity contribution in [2.24, 2.45) is 0 Å². The summed E-state index contributed by atoms with van der Waals surface area (Å²) in [7, 11) is 1.66. The van der Waals surface area contributed by atoms with E-state index in [0.29, 0.717) is 25.6 Å². The molecule has 0 aliphatic carbocycles. The summed E-state index contributed by atoms with van der Waals surface area (Å²) in [5, 5.41) is 10.6. The van der Waals surface area contributed by atoms with E-state index in [1.54, 1.807) is 13.4 Å². The first-order valence-electron chi connectivity index (χ1n) is 10.3. The molecule has 0 radical (unpaired) electrons. The second kappa shape index (κ2) is 10.9. The molecule has 0 aliphatic heterocycles. The van der Waals surface area contributed by atoms with Crippen molar-refractivity contribution in [3.05, 3.63) is 83.8 Å². The van der Waals surface area contributed by atoms with Gasteiger partial charge in [-0.25, -0.2) is 0 Å². The normalized spacial score (nSPS) is 12.3. The Morgan fingerprint density at radius 1 is 0.933 bits per heavy atom. The number of aliphatic hydroxyl groups is 1. The summed E-state index contributed by atoms with van der Waals surface area (Å²) in [5.74, 6) is 2.94. The highest BCUT2D eigenvalue weighted by molar-refractivity contribution is 5.29. The van der Waals surface area contributed by atoms with E-state index in [2.05, 4.69) is 30.9 Å². The zero-order chi connectivity index (χ0) is 21.3. The molecule has 0 amide bonds. The molecule has 0 bridgehead atoms. The first-order chi connectivity index (χ1) is 14.5. The minimum absolute atomic E-state index is 0.234. The van der Waals surface area contributed by atoms with Crippen LogP contribution in [0.5, 0.6) is 11.5 Å².